The maximum absolute atomic E-state index is 13.5. The maximum Gasteiger partial charge on any atom is 0.242 e. The Morgan fingerprint density at radius 1 is 1.25 bits per heavy atom. The molecule has 0 spiro atoms. The zero-order valence-electron chi connectivity index (χ0n) is 18.0. The van der Waals surface area contributed by atoms with Crippen molar-refractivity contribution < 1.29 is 14.0 Å². The number of benzene rings is 1. The number of halogens is 1. The quantitative estimate of drug-likeness (QED) is 0.750. The van der Waals surface area contributed by atoms with Gasteiger partial charge in [-0.25, -0.2) is 4.39 Å². The van der Waals surface area contributed by atoms with E-state index in [0.29, 0.717) is 19.0 Å². The molecule has 5 fully saturated rings. The van der Waals surface area contributed by atoms with E-state index in [0.717, 1.165) is 44.1 Å². The van der Waals surface area contributed by atoms with Crippen LogP contribution in [0.5, 0.6) is 0 Å². The van der Waals surface area contributed by atoms with E-state index in [4.69, 9.17) is 5.73 Å². The minimum Gasteiger partial charge on any atom is -0.327 e. The van der Waals surface area contributed by atoms with Gasteiger partial charge in [-0.2, -0.15) is 5.26 Å². The van der Waals surface area contributed by atoms with Crippen molar-refractivity contribution in [2.75, 3.05) is 13.1 Å². The van der Waals surface area contributed by atoms with E-state index in [-0.39, 0.29) is 47.3 Å². The summed E-state index contributed by atoms with van der Waals surface area (Å²) < 4.78 is 13.5. The largest absolute Gasteiger partial charge is 0.327 e. The number of carbonyl (C=O) groups is 2. The average Bonchev–Trinajstić information content (AvgIpc) is 3.09. The Bertz CT molecular complexity index is 1000. The first-order chi connectivity index (χ1) is 15.4. The Kier molecular flexibility index (Phi) is 4.40. The fourth-order valence-corrected chi connectivity index (χ4v) is 6.78. The number of rotatable bonds is 5. The predicted octanol–water partition coefficient (Wildman–Crippen LogP) is 1.33. The first-order valence-corrected chi connectivity index (χ1v) is 11.7. The second-order valence-electron chi connectivity index (χ2n) is 10.3. The van der Waals surface area contributed by atoms with E-state index in [2.05, 4.69) is 15.9 Å². The molecule has 3 heterocycles. The highest BCUT2D eigenvalue weighted by Gasteiger charge is 2.59. The van der Waals surface area contributed by atoms with Crippen LogP contribution in [-0.2, 0) is 15.1 Å². The van der Waals surface area contributed by atoms with E-state index in [1.807, 2.05) is 12.1 Å². The number of nitrogens with two attached hydrogens (primary N) is 1. The molecule has 5 aliphatic rings. The number of carbonyl (C=O) groups excluding carboxylic acids is 2. The van der Waals surface area contributed by atoms with E-state index >= 15 is 0 Å². The number of piperidine rings is 1. The lowest BCUT2D eigenvalue weighted by molar-refractivity contribution is -0.150. The number of hydrogen-bond acceptors (Lipinski definition) is 5. The van der Waals surface area contributed by atoms with Crippen LogP contribution in [-0.4, -0.2) is 69.8 Å². The molecule has 2 aliphatic carbocycles. The van der Waals surface area contributed by atoms with Gasteiger partial charge in [0.05, 0.1) is 23.7 Å². The molecule has 168 valence electrons. The monoisotopic (exact) mass is 437 g/mol. The standard InChI is InChI=1S/C24H28FN5O2/c25-16-4-2-15(3-5-16)24(6-1-7-24)30-18-10-21(23(30)32)28(12-18)13-19(27)22(31)29-17(11-26)8-14-9-20(14)29/h2-5,14,17-21H,1,6-10,12-13,27H2/t14-,17+,18+,19+,20?,21+/m1/s1. The Morgan fingerprint density at radius 3 is 2.62 bits per heavy atom. The summed E-state index contributed by atoms with van der Waals surface area (Å²) in [6, 6.07) is 7.75. The second-order valence-corrected chi connectivity index (χ2v) is 10.3. The van der Waals surface area contributed by atoms with Gasteiger partial charge < -0.3 is 15.5 Å². The molecule has 2 N–H and O–H groups in total. The number of likely N-dealkylation sites (tertiary alicyclic amines) is 3. The summed E-state index contributed by atoms with van der Waals surface area (Å²) in [7, 11) is 0. The molecule has 0 aromatic heterocycles. The molecule has 1 aromatic rings. The Balaban J connectivity index is 1.15. The zero-order chi connectivity index (χ0) is 22.2. The molecule has 7 nitrogen and oxygen atoms in total. The van der Waals surface area contributed by atoms with E-state index < -0.39 is 6.04 Å². The molecule has 3 aliphatic heterocycles. The fraction of sp³-hybridized carbons (Fsp3) is 0.625. The number of nitrogens with zero attached hydrogens (tertiary/aromatic N) is 4. The molecule has 0 radical (unpaired) electrons. The molecule has 2 saturated carbocycles. The lowest BCUT2D eigenvalue weighted by atomic mass is 9.70. The van der Waals surface area contributed by atoms with Gasteiger partial charge in [-0.3, -0.25) is 14.5 Å². The van der Waals surface area contributed by atoms with Crippen molar-refractivity contribution in [3.05, 3.63) is 35.6 Å². The highest BCUT2D eigenvalue weighted by Crippen LogP contribution is 2.52. The van der Waals surface area contributed by atoms with Gasteiger partial charge in [-0.15, -0.1) is 0 Å². The molecule has 32 heavy (non-hydrogen) atoms. The Morgan fingerprint density at radius 2 is 2.00 bits per heavy atom. The number of amides is 2. The number of hydrogen-bond donors (Lipinski definition) is 1. The van der Waals surface area contributed by atoms with Crippen LogP contribution in [0.4, 0.5) is 4.39 Å². The zero-order valence-corrected chi connectivity index (χ0v) is 18.0. The van der Waals surface area contributed by atoms with E-state index in [9.17, 15) is 19.2 Å². The second kappa shape index (κ2) is 7.00. The normalized spacial score (nSPS) is 35.4. The molecule has 2 bridgehead atoms. The average molecular weight is 438 g/mol. The third-order valence-corrected chi connectivity index (χ3v) is 8.55. The van der Waals surface area contributed by atoms with Gasteiger partial charge in [-0.05, 0) is 62.1 Å². The lowest BCUT2D eigenvalue weighted by Gasteiger charge is -2.53. The summed E-state index contributed by atoms with van der Waals surface area (Å²) >= 11 is 0. The third-order valence-electron chi connectivity index (χ3n) is 8.55. The molecule has 2 amide bonds. The number of nitriles is 1. The van der Waals surface area contributed by atoms with Crippen LogP contribution in [0.2, 0.25) is 0 Å². The smallest absolute Gasteiger partial charge is 0.242 e. The van der Waals surface area contributed by atoms with Crippen LogP contribution in [0.1, 0.15) is 44.1 Å². The van der Waals surface area contributed by atoms with Gasteiger partial charge >= 0.3 is 0 Å². The minimum atomic E-state index is -0.722. The summed E-state index contributed by atoms with van der Waals surface area (Å²) in [5.41, 5.74) is 7.00. The minimum absolute atomic E-state index is 0.0895. The maximum atomic E-state index is 13.5. The van der Waals surface area contributed by atoms with Crippen LogP contribution in [0.25, 0.3) is 0 Å². The summed E-state index contributed by atoms with van der Waals surface area (Å²) in [4.78, 5) is 32.3. The van der Waals surface area contributed by atoms with Gasteiger partial charge in [0.1, 0.15) is 11.9 Å². The van der Waals surface area contributed by atoms with Gasteiger partial charge in [0.15, 0.2) is 0 Å². The van der Waals surface area contributed by atoms with Gasteiger partial charge in [0, 0.05) is 25.2 Å². The topological polar surface area (TPSA) is 93.7 Å². The van der Waals surface area contributed by atoms with Crippen molar-refractivity contribution in [3.63, 3.8) is 0 Å². The third kappa shape index (κ3) is 2.77. The summed E-state index contributed by atoms with van der Waals surface area (Å²) in [6.07, 6.45) is 5.34. The fourth-order valence-electron chi connectivity index (χ4n) is 6.78. The molecule has 6 atom stereocenters. The summed E-state index contributed by atoms with van der Waals surface area (Å²) in [5.74, 6) is 0.133. The SMILES string of the molecule is N#C[C@@H]1C[C@@H]2CC2N1C(=O)[C@@H](N)CN1C[C@@H]2C[C@H]1C(=O)N2C1(c2ccc(F)cc2)CCC1. The van der Waals surface area contributed by atoms with Crippen LogP contribution in [0.3, 0.4) is 0 Å². The first kappa shape index (κ1) is 20.1. The van der Waals surface area contributed by atoms with Crippen molar-refractivity contribution >= 4 is 11.8 Å². The molecular weight excluding hydrogens is 409 g/mol. The van der Waals surface area contributed by atoms with Crippen molar-refractivity contribution in [2.24, 2.45) is 11.7 Å². The summed E-state index contributed by atoms with van der Waals surface area (Å²) in [6.45, 7) is 1.04. The highest BCUT2D eigenvalue weighted by atomic mass is 19.1. The van der Waals surface area contributed by atoms with Crippen molar-refractivity contribution in [3.8, 4) is 6.07 Å². The molecule has 6 rings (SSSR count). The highest BCUT2D eigenvalue weighted by molar-refractivity contribution is 5.87. The predicted molar refractivity (Wildman–Crippen MR) is 113 cm³/mol. The van der Waals surface area contributed by atoms with E-state index in [1.54, 1.807) is 4.90 Å². The van der Waals surface area contributed by atoms with Crippen molar-refractivity contribution in [1.82, 2.24) is 14.7 Å². The molecular formula is C24H28FN5O2. The van der Waals surface area contributed by atoms with Gasteiger partial charge in [0.2, 0.25) is 11.8 Å². The van der Waals surface area contributed by atoms with Crippen LogP contribution < -0.4 is 5.73 Å². The molecule has 8 heteroatoms. The van der Waals surface area contributed by atoms with Crippen LogP contribution in [0, 0.1) is 23.1 Å². The Hall–Kier alpha value is -2.50. The molecule has 3 saturated heterocycles. The lowest BCUT2D eigenvalue weighted by Crippen LogP contribution is -2.62. The van der Waals surface area contributed by atoms with Crippen molar-refractivity contribution in [2.45, 2.75) is 74.3 Å². The van der Waals surface area contributed by atoms with Gasteiger partial charge in [-0.1, -0.05) is 12.1 Å². The number of fused-ring (bicyclic) bond motifs is 3. The van der Waals surface area contributed by atoms with E-state index in [1.165, 1.54) is 12.1 Å². The molecule has 1 unspecified atom stereocenters. The molecule has 1 aromatic carbocycles. The van der Waals surface area contributed by atoms with Crippen LogP contribution >= 0.6 is 0 Å². The summed E-state index contributed by atoms with van der Waals surface area (Å²) in [5, 5.41) is 9.39. The number of piperazine rings is 1. The van der Waals surface area contributed by atoms with Gasteiger partial charge in [0.25, 0.3) is 0 Å². The first-order valence-electron chi connectivity index (χ1n) is 11.7. The Labute approximate surface area is 186 Å². The van der Waals surface area contributed by atoms with Crippen LogP contribution in [0.15, 0.2) is 24.3 Å². The van der Waals surface area contributed by atoms with Crippen molar-refractivity contribution in [1.29, 1.82) is 5.26 Å².